The molecule has 8 N–H and O–H groups in total. The van der Waals surface area contributed by atoms with Crippen LogP contribution in [-0.2, 0) is 37.7 Å². The van der Waals surface area contributed by atoms with Crippen molar-refractivity contribution in [2.45, 2.75) is 56.9 Å². The van der Waals surface area contributed by atoms with Gasteiger partial charge >= 0.3 is 22.2 Å². The van der Waals surface area contributed by atoms with Crippen LogP contribution in [0.1, 0.15) is 41.4 Å². The van der Waals surface area contributed by atoms with E-state index in [0.717, 1.165) is 16.2 Å². The largest absolute Gasteiger partial charge is 0.480 e. The molecular weight excluding hydrogens is 658 g/mol. The van der Waals surface area contributed by atoms with Crippen LogP contribution in [0.3, 0.4) is 0 Å². The third-order valence-electron chi connectivity index (χ3n) is 7.16. The van der Waals surface area contributed by atoms with Crippen molar-refractivity contribution >= 4 is 51.3 Å². The zero-order chi connectivity index (χ0) is 34.7. The van der Waals surface area contributed by atoms with E-state index in [0.29, 0.717) is 13.0 Å². The molecule has 0 aliphatic carbocycles. The van der Waals surface area contributed by atoms with Gasteiger partial charge in [0.05, 0.1) is 35.1 Å². The number of halogens is 1. The number of carbonyl (C=O) groups excluding carboxylic acids is 2. The Bertz CT molecular complexity index is 1640. The molecule has 2 amide bonds. The van der Waals surface area contributed by atoms with E-state index in [-0.39, 0.29) is 35.7 Å². The lowest BCUT2D eigenvalue weighted by atomic mass is 10.0. The van der Waals surface area contributed by atoms with Crippen molar-refractivity contribution in [1.29, 1.82) is 0 Å². The molecule has 1 saturated heterocycles. The van der Waals surface area contributed by atoms with Crippen molar-refractivity contribution in [2.75, 3.05) is 11.3 Å². The highest BCUT2D eigenvalue weighted by atomic mass is 35.5. The minimum Gasteiger partial charge on any atom is -0.480 e. The first-order valence-electron chi connectivity index (χ1n) is 14.3. The Kier molecular flexibility index (Phi) is 13.3. The number of rotatable bonds is 13. The summed E-state index contributed by atoms with van der Waals surface area (Å²) in [5.74, 6) is -3.12. The quantitative estimate of drug-likeness (QED) is 0.127. The van der Waals surface area contributed by atoms with Crippen molar-refractivity contribution in [3.63, 3.8) is 0 Å². The molecule has 1 aliphatic heterocycles. The number of carboxylic acid groups (broad SMARTS) is 2. The second-order valence-corrected chi connectivity index (χ2v) is 12.1. The summed E-state index contributed by atoms with van der Waals surface area (Å²) in [5.41, 5.74) is 5.51. The number of nitrogens with two attached hydrogens (primary N) is 1. The van der Waals surface area contributed by atoms with E-state index in [2.05, 4.69) is 10.6 Å². The smallest absolute Gasteiger partial charge is 0.357 e. The second-order valence-electron chi connectivity index (χ2n) is 10.6. The van der Waals surface area contributed by atoms with Crippen molar-refractivity contribution in [3.05, 3.63) is 88.8 Å². The average molecular weight is 694 g/mol. The number of amides is 2. The van der Waals surface area contributed by atoms with E-state index in [1.165, 1.54) is 25.1 Å². The van der Waals surface area contributed by atoms with E-state index < -0.39 is 58.2 Å². The van der Waals surface area contributed by atoms with Gasteiger partial charge in [0, 0.05) is 19.0 Å². The van der Waals surface area contributed by atoms with Crippen LogP contribution in [-0.4, -0.2) is 82.5 Å². The van der Waals surface area contributed by atoms with E-state index in [1.807, 2.05) is 42.5 Å². The highest BCUT2D eigenvalue weighted by molar-refractivity contribution is 7.87. The third-order valence-corrected chi connectivity index (χ3v) is 7.94. The molecule has 0 spiro atoms. The van der Waals surface area contributed by atoms with Crippen molar-refractivity contribution in [1.82, 2.24) is 15.5 Å². The number of carboxylic acids is 2. The molecule has 17 heteroatoms. The summed E-state index contributed by atoms with van der Waals surface area (Å²) in [4.78, 5) is 51.0. The summed E-state index contributed by atoms with van der Waals surface area (Å²) in [7, 11) is -4.76. The Morgan fingerprint density at radius 2 is 1.77 bits per heavy atom. The average Bonchev–Trinajstić information content (AvgIpc) is 3.70. The first-order chi connectivity index (χ1) is 22.2. The number of carbonyl (C=O) groups is 4. The van der Waals surface area contributed by atoms with Gasteiger partial charge in [-0.05, 0) is 49.6 Å². The maximum atomic E-state index is 13.2. The van der Waals surface area contributed by atoms with Gasteiger partial charge in [0.1, 0.15) is 17.8 Å². The van der Waals surface area contributed by atoms with Crippen LogP contribution in [0.2, 0.25) is 5.02 Å². The Morgan fingerprint density at radius 1 is 1.06 bits per heavy atom. The summed E-state index contributed by atoms with van der Waals surface area (Å²) in [6.45, 7) is 1.73. The van der Waals surface area contributed by atoms with Crippen LogP contribution >= 0.6 is 11.6 Å². The van der Waals surface area contributed by atoms with E-state index in [1.54, 1.807) is 11.0 Å². The first-order valence-corrected chi connectivity index (χ1v) is 16.1. The molecule has 1 unspecified atom stereocenters. The minimum atomic E-state index is -4.76. The molecule has 47 heavy (non-hydrogen) atoms. The van der Waals surface area contributed by atoms with Gasteiger partial charge in [0.2, 0.25) is 5.91 Å². The Hall–Kier alpha value is -4.48. The second kappa shape index (κ2) is 16.9. The van der Waals surface area contributed by atoms with Gasteiger partial charge in [-0.2, -0.15) is 8.42 Å². The molecule has 4 atom stereocenters. The third kappa shape index (κ3) is 11.1. The van der Waals surface area contributed by atoms with Crippen LogP contribution in [0.25, 0.3) is 0 Å². The molecule has 0 radical (unpaired) electrons. The number of para-hydroxylation sites is 1. The molecule has 0 saturated carbocycles. The SMILES string of the molecule is C[C@H](N[C@@H](CCc1ccccc1)C(=O)O)C(=O)N1C[C@@H](NC(=O)c2cccc(Cl)c2NS(=O)(=O)O)CC1C(=O)O.NCc1ccco1. The monoisotopic (exact) mass is 693 g/mol. The number of benzene rings is 2. The van der Waals surface area contributed by atoms with Crippen LogP contribution in [0.5, 0.6) is 0 Å². The topological polar surface area (TPSA) is 242 Å². The van der Waals surface area contributed by atoms with Crippen LogP contribution < -0.4 is 21.1 Å². The molecule has 3 aromatic rings. The lowest BCUT2D eigenvalue weighted by Crippen LogP contribution is -2.53. The number of hydrogen-bond acceptors (Lipinski definition) is 9. The van der Waals surface area contributed by atoms with Crippen LogP contribution in [0.4, 0.5) is 5.69 Å². The van der Waals surface area contributed by atoms with Crippen molar-refractivity contribution in [2.24, 2.45) is 5.73 Å². The lowest BCUT2D eigenvalue weighted by Gasteiger charge is -2.27. The number of nitrogens with zero attached hydrogens (tertiary/aromatic N) is 1. The van der Waals surface area contributed by atoms with Crippen LogP contribution in [0, 0.1) is 0 Å². The van der Waals surface area contributed by atoms with E-state index >= 15 is 0 Å². The fourth-order valence-electron chi connectivity index (χ4n) is 4.91. The lowest BCUT2D eigenvalue weighted by molar-refractivity contribution is -0.149. The summed E-state index contributed by atoms with van der Waals surface area (Å²) in [6.07, 6.45) is 2.09. The normalized spacial score (nSPS) is 17.1. The molecule has 1 fully saturated rings. The number of furan rings is 1. The fourth-order valence-corrected chi connectivity index (χ4v) is 5.67. The fraction of sp³-hybridized carbons (Fsp3) is 0.333. The maximum Gasteiger partial charge on any atom is 0.357 e. The molecule has 2 heterocycles. The molecule has 15 nitrogen and oxygen atoms in total. The number of aliphatic carboxylic acids is 2. The molecule has 2 aromatic carbocycles. The Morgan fingerprint density at radius 3 is 2.32 bits per heavy atom. The highest BCUT2D eigenvalue weighted by Gasteiger charge is 2.42. The predicted molar refractivity (Wildman–Crippen MR) is 171 cm³/mol. The van der Waals surface area contributed by atoms with Gasteiger partial charge in [0.25, 0.3) is 5.91 Å². The minimum absolute atomic E-state index is 0.155. The zero-order valence-corrected chi connectivity index (χ0v) is 26.8. The molecule has 4 rings (SSSR count). The summed E-state index contributed by atoms with van der Waals surface area (Å²) >= 11 is 5.98. The first kappa shape index (κ1) is 37.0. The molecule has 254 valence electrons. The van der Waals surface area contributed by atoms with Crippen molar-refractivity contribution in [3.8, 4) is 0 Å². The van der Waals surface area contributed by atoms with Gasteiger partial charge in [-0.15, -0.1) is 0 Å². The molecule has 1 aliphatic rings. The summed E-state index contributed by atoms with van der Waals surface area (Å²) in [5, 5.41) is 24.5. The molecular formula is C30H36ClN5O10S. The number of aryl methyl sites for hydroxylation is 1. The zero-order valence-electron chi connectivity index (χ0n) is 25.2. The van der Waals surface area contributed by atoms with Gasteiger partial charge in [-0.25, -0.2) is 4.79 Å². The van der Waals surface area contributed by atoms with Gasteiger partial charge in [-0.3, -0.25) is 29.0 Å². The molecule has 0 bridgehead atoms. The predicted octanol–water partition coefficient (Wildman–Crippen LogP) is 2.14. The Labute approximate surface area is 276 Å². The van der Waals surface area contributed by atoms with Crippen molar-refractivity contribution < 1.29 is 46.8 Å². The van der Waals surface area contributed by atoms with Gasteiger partial charge in [0.15, 0.2) is 0 Å². The molecule has 1 aromatic heterocycles. The van der Waals surface area contributed by atoms with Gasteiger partial charge < -0.3 is 30.6 Å². The highest BCUT2D eigenvalue weighted by Crippen LogP contribution is 2.28. The number of likely N-dealkylation sites (tertiary alicyclic amines) is 1. The van der Waals surface area contributed by atoms with E-state index in [9.17, 15) is 37.8 Å². The van der Waals surface area contributed by atoms with Crippen LogP contribution in [0.15, 0.2) is 71.3 Å². The standard InChI is InChI=1S/C25H29ClN4O9S.C5H7NO/c1-14(27-19(24(33)34)11-10-15-6-3-2-4-7-15)23(32)30-13-16(12-20(30)25(35)36)28-22(31)17-8-5-9-18(26)21(17)29-40(37,38)39;6-4-5-2-1-3-7-5/h2-9,14,16,19-20,27,29H,10-13H2,1H3,(H,28,31)(H,33,34)(H,35,36)(H,37,38,39);1-3H,4,6H2/t14-,16-,19-,20?;/m0./s1. The summed E-state index contributed by atoms with van der Waals surface area (Å²) < 4.78 is 38.4. The maximum absolute atomic E-state index is 13.2. The summed E-state index contributed by atoms with van der Waals surface area (Å²) in [6, 6.07) is 12.5. The number of nitrogens with one attached hydrogen (secondary N) is 3. The van der Waals surface area contributed by atoms with Gasteiger partial charge in [-0.1, -0.05) is 48.0 Å². The Balaban J connectivity index is 0.000000756. The number of anilines is 1. The number of hydrogen-bond donors (Lipinski definition) is 7. The van der Waals surface area contributed by atoms with E-state index in [4.69, 9.17) is 26.3 Å².